The molecule has 0 heterocycles. The lowest BCUT2D eigenvalue weighted by Gasteiger charge is -2.13. The van der Waals surface area contributed by atoms with Gasteiger partial charge in [-0.25, -0.2) is 4.79 Å². The highest BCUT2D eigenvalue weighted by atomic mass is 16.5. The third-order valence-electron chi connectivity index (χ3n) is 1.99. The molecule has 1 N–H and O–H groups in total. The Morgan fingerprint density at radius 2 is 1.93 bits per heavy atom. The molecule has 1 atom stereocenters. The molecule has 0 fully saturated rings. The Balaban J connectivity index is 2.94. The first-order chi connectivity index (χ1) is 7.02. The SMILES string of the molecule is CC(=O)C(C)Oc1ccccc1C(=O)O. The van der Waals surface area contributed by atoms with Crippen LogP contribution in [0.25, 0.3) is 0 Å². The molecule has 0 saturated carbocycles. The third kappa shape index (κ3) is 2.80. The molecule has 0 aliphatic rings. The van der Waals surface area contributed by atoms with Crippen molar-refractivity contribution in [3.63, 3.8) is 0 Å². The Morgan fingerprint density at radius 1 is 1.33 bits per heavy atom. The number of rotatable bonds is 4. The number of carbonyl (C=O) groups is 2. The Kier molecular flexibility index (Phi) is 3.44. The van der Waals surface area contributed by atoms with Crippen molar-refractivity contribution in [3.05, 3.63) is 29.8 Å². The lowest BCUT2D eigenvalue weighted by Crippen LogP contribution is -2.21. The summed E-state index contributed by atoms with van der Waals surface area (Å²) >= 11 is 0. The van der Waals surface area contributed by atoms with Crippen LogP contribution in [0.3, 0.4) is 0 Å². The second kappa shape index (κ2) is 4.59. The van der Waals surface area contributed by atoms with Crippen molar-refractivity contribution in [2.45, 2.75) is 20.0 Å². The Labute approximate surface area is 87.5 Å². The number of benzene rings is 1. The number of hydrogen-bond acceptors (Lipinski definition) is 3. The molecule has 1 unspecified atom stereocenters. The quantitative estimate of drug-likeness (QED) is 0.818. The van der Waals surface area contributed by atoms with Gasteiger partial charge in [-0.15, -0.1) is 0 Å². The predicted octanol–water partition coefficient (Wildman–Crippen LogP) is 1.74. The molecule has 0 saturated heterocycles. The molecule has 0 aliphatic heterocycles. The van der Waals surface area contributed by atoms with Gasteiger partial charge in [0.2, 0.25) is 0 Å². The van der Waals surface area contributed by atoms with Crippen LogP contribution in [-0.4, -0.2) is 23.0 Å². The van der Waals surface area contributed by atoms with Gasteiger partial charge >= 0.3 is 5.97 Å². The van der Waals surface area contributed by atoms with Gasteiger partial charge in [-0.3, -0.25) is 4.79 Å². The van der Waals surface area contributed by atoms with Gasteiger partial charge in [-0.2, -0.15) is 0 Å². The molecular formula is C11H12O4. The molecule has 1 rings (SSSR count). The maximum absolute atomic E-state index is 11.0. The van der Waals surface area contributed by atoms with E-state index in [4.69, 9.17) is 9.84 Å². The van der Waals surface area contributed by atoms with Crippen LogP contribution in [0.4, 0.5) is 0 Å². The largest absolute Gasteiger partial charge is 0.482 e. The van der Waals surface area contributed by atoms with Gasteiger partial charge < -0.3 is 9.84 Å². The summed E-state index contributed by atoms with van der Waals surface area (Å²) in [5.41, 5.74) is 0.0607. The minimum Gasteiger partial charge on any atom is -0.482 e. The Morgan fingerprint density at radius 3 is 2.47 bits per heavy atom. The first-order valence-corrected chi connectivity index (χ1v) is 4.52. The Bertz CT molecular complexity index is 384. The minimum atomic E-state index is -1.07. The van der Waals surface area contributed by atoms with E-state index >= 15 is 0 Å². The standard InChI is InChI=1S/C11H12O4/c1-7(12)8(2)15-10-6-4-3-5-9(10)11(13)14/h3-6,8H,1-2H3,(H,13,14). The van der Waals surface area contributed by atoms with Crippen molar-refractivity contribution in [2.24, 2.45) is 0 Å². The second-order valence-electron chi connectivity index (χ2n) is 3.17. The molecule has 0 aromatic heterocycles. The van der Waals surface area contributed by atoms with Crippen LogP contribution in [0.5, 0.6) is 5.75 Å². The average Bonchev–Trinajstić information content (AvgIpc) is 2.18. The van der Waals surface area contributed by atoms with Crippen molar-refractivity contribution in [1.82, 2.24) is 0 Å². The number of para-hydroxylation sites is 1. The maximum Gasteiger partial charge on any atom is 0.339 e. The van der Waals surface area contributed by atoms with Crippen LogP contribution in [0, 0.1) is 0 Å². The van der Waals surface area contributed by atoms with Gasteiger partial charge in [0.1, 0.15) is 11.3 Å². The fraction of sp³-hybridized carbons (Fsp3) is 0.273. The van der Waals surface area contributed by atoms with E-state index in [1.165, 1.54) is 19.1 Å². The molecule has 15 heavy (non-hydrogen) atoms. The summed E-state index contributed by atoms with van der Waals surface area (Å²) in [6.07, 6.45) is -0.634. The fourth-order valence-corrected chi connectivity index (χ4v) is 1.02. The van der Waals surface area contributed by atoms with Crippen LogP contribution in [0.2, 0.25) is 0 Å². The van der Waals surface area contributed by atoms with E-state index in [1.807, 2.05) is 0 Å². The van der Waals surface area contributed by atoms with E-state index in [9.17, 15) is 9.59 Å². The van der Waals surface area contributed by atoms with Crippen molar-refractivity contribution in [3.8, 4) is 5.75 Å². The number of Topliss-reactive ketones (excluding diaryl/α,β-unsaturated/α-hetero) is 1. The number of ketones is 1. The zero-order valence-corrected chi connectivity index (χ0v) is 8.56. The number of carboxylic acid groups (broad SMARTS) is 1. The number of carboxylic acids is 1. The average molecular weight is 208 g/mol. The minimum absolute atomic E-state index is 0.0607. The van der Waals surface area contributed by atoms with Gasteiger partial charge in [-0.05, 0) is 26.0 Å². The van der Waals surface area contributed by atoms with Crippen LogP contribution in [0.1, 0.15) is 24.2 Å². The zero-order valence-electron chi connectivity index (χ0n) is 8.56. The third-order valence-corrected chi connectivity index (χ3v) is 1.99. The summed E-state index contributed by atoms with van der Waals surface area (Å²) in [5, 5.41) is 8.85. The first kappa shape index (κ1) is 11.2. The topological polar surface area (TPSA) is 63.6 Å². The molecule has 4 nitrogen and oxygen atoms in total. The van der Waals surface area contributed by atoms with Crippen LogP contribution >= 0.6 is 0 Å². The molecule has 4 heteroatoms. The second-order valence-corrected chi connectivity index (χ2v) is 3.17. The molecule has 0 aliphatic carbocycles. The summed E-state index contributed by atoms with van der Waals surface area (Å²) in [6.45, 7) is 2.98. The van der Waals surface area contributed by atoms with E-state index < -0.39 is 12.1 Å². The molecule has 1 aromatic rings. The number of aromatic carboxylic acids is 1. The van der Waals surface area contributed by atoms with E-state index in [1.54, 1.807) is 19.1 Å². The van der Waals surface area contributed by atoms with E-state index in [0.29, 0.717) is 0 Å². The summed E-state index contributed by atoms with van der Waals surface area (Å²) in [4.78, 5) is 21.8. The number of carbonyl (C=O) groups excluding carboxylic acids is 1. The molecule has 0 amide bonds. The fourth-order valence-electron chi connectivity index (χ4n) is 1.02. The summed E-state index contributed by atoms with van der Waals surface area (Å²) in [7, 11) is 0. The van der Waals surface area contributed by atoms with Crippen LogP contribution < -0.4 is 4.74 Å². The highest BCUT2D eigenvalue weighted by Crippen LogP contribution is 2.19. The maximum atomic E-state index is 11.0. The molecular weight excluding hydrogens is 196 g/mol. The summed E-state index contributed by atoms with van der Waals surface area (Å²) < 4.78 is 5.24. The van der Waals surface area contributed by atoms with Gasteiger partial charge in [-0.1, -0.05) is 12.1 Å². The van der Waals surface area contributed by atoms with Crippen LogP contribution in [-0.2, 0) is 4.79 Å². The monoisotopic (exact) mass is 208 g/mol. The van der Waals surface area contributed by atoms with Crippen molar-refractivity contribution in [1.29, 1.82) is 0 Å². The van der Waals surface area contributed by atoms with Crippen molar-refractivity contribution in [2.75, 3.05) is 0 Å². The number of hydrogen-bond donors (Lipinski definition) is 1. The van der Waals surface area contributed by atoms with Gasteiger partial charge in [0.05, 0.1) is 0 Å². The molecule has 0 bridgehead atoms. The normalized spacial score (nSPS) is 11.9. The Hall–Kier alpha value is -1.84. The highest BCUT2D eigenvalue weighted by molar-refractivity contribution is 5.91. The van der Waals surface area contributed by atoms with Gasteiger partial charge in [0.25, 0.3) is 0 Å². The highest BCUT2D eigenvalue weighted by Gasteiger charge is 2.15. The zero-order chi connectivity index (χ0) is 11.4. The van der Waals surface area contributed by atoms with Gasteiger partial charge in [0, 0.05) is 0 Å². The predicted molar refractivity (Wildman–Crippen MR) is 54.2 cm³/mol. The first-order valence-electron chi connectivity index (χ1n) is 4.52. The lowest BCUT2D eigenvalue weighted by atomic mass is 10.2. The van der Waals surface area contributed by atoms with Crippen molar-refractivity contribution >= 4 is 11.8 Å². The van der Waals surface area contributed by atoms with E-state index in [0.717, 1.165) is 0 Å². The number of ether oxygens (including phenoxy) is 1. The van der Waals surface area contributed by atoms with Crippen molar-refractivity contribution < 1.29 is 19.4 Å². The van der Waals surface area contributed by atoms with E-state index in [2.05, 4.69) is 0 Å². The molecule has 80 valence electrons. The molecule has 0 spiro atoms. The summed E-state index contributed by atoms with van der Waals surface area (Å²) in [6, 6.07) is 6.23. The van der Waals surface area contributed by atoms with Gasteiger partial charge in [0.15, 0.2) is 11.9 Å². The molecule has 1 aromatic carbocycles. The van der Waals surface area contributed by atoms with Crippen LogP contribution in [0.15, 0.2) is 24.3 Å². The summed E-state index contributed by atoms with van der Waals surface area (Å²) in [5.74, 6) is -0.996. The van der Waals surface area contributed by atoms with E-state index in [-0.39, 0.29) is 17.1 Å². The smallest absolute Gasteiger partial charge is 0.339 e. The lowest BCUT2D eigenvalue weighted by molar-refractivity contribution is -0.122. The molecule has 0 radical (unpaired) electrons.